The molecule has 1 aliphatic heterocycles. The van der Waals surface area contributed by atoms with Gasteiger partial charge in [-0.2, -0.15) is 0 Å². The fourth-order valence-electron chi connectivity index (χ4n) is 2.54. The quantitative estimate of drug-likeness (QED) is 0.605. The lowest BCUT2D eigenvalue weighted by Gasteiger charge is -2.27. The summed E-state index contributed by atoms with van der Waals surface area (Å²) in [5.74, 6) is 0.711. The zero-order valence-electron chi connectivity index (χ0n) is 11.6. The Morgan fingerprint density at radius 1 is 0.955 bits per heavy atom. The van der Waals surface area contributed by atoms with Crippen molar-refractivity contribution >= 4 is 34.5 Å². The van der Waals surface area contributed by atoms with Gasteiger partial charge in [-0.25, -0.2) is 0 Å². The van der Waals surface area contributed by atoms with Gasteiger partial charge in [0.1, 0.15) is 5.75 Å². The summed E-state index contributed by atoms with van der Waals surface area (Å²) in [5, 5.41) is 4.01. The van der Waals surface area contributed by atoms with E-state index in [0.717, 1.165) is 9.75 Å². The SMILES string of the molecule is O=C1/C(=C/c2cccs2)[C@H](c2cccs2)Oc2ccccc21. The lowest BCUT2D eigenvalue weighted by atomic mass is 9.93. The summed E-state index contributed by atoms with van der Waals surface area (Å²) in [7, 11) is 0. The van der Waals surface area contributed by atoms with Crippen LogP contribution in [0.5, 0.6) is 5.75 Å². The monoisotopic (exact) mass is 324 g/mol. The fourth-order valence-corrected chi connectivity index (χ4v) is 3.98. The predicted octanol–water partition coefficient (Wildman–Crippen LogP) is 5.21. The number of para-hydroxylation sites is 1. The van der Waals surface area contributed by atoms with Crippen molar-refractivity contribution in [1.82, 2.24) is 0 Å². The maximum atomic E-state index is 12.9. The van der Waals surface area contributed by atoms with Gasteiger partial charge >= 0.3 is 0 Å². The van der Waals surface area contributed by atoms with Crippen LogP contribution in [0.15, 0.2) is 64.9 Å². The van der Waals surface area contributed by atoms with E-state index in [1.54, 1.807) is 22.7 Å². The third-order valence-electron chi connectivity index (χ3n) is 3.56. The van der Waals surface area contributed by atoms with Crippen LogP contribution in [0.2, 0.25) is 0 Å². The molecule has 0 N–H and O–H groups in total. The first-order valence-corrected chi connectivity index (χ1v) is 8.68. The largest absolute Gasteiger partial charge is 0.479 e. The Morgan fingerprint density at radius 3 is 2.55 bits per heavy atom. The molecule has 22 heavy (non-hydrogen) atoms. The molecular weight excluding hydrogens is 312 g/mol. The summed E-state index contributed by atoms with van der Waals surface area (Å²) in [4.78, 5) is 15.0. The van der Waals surface area contributed by atoms with Gasteiger partial charge in [0.15, 0.2) is 11.9 Å². The Bertz CT molecular complexity index is 830. The van der Waals surface area contributed by atoms with Gasteiger partial charge in [0.05, 0.1) is 5.56 Å². The van der Waals surface area contributed by atoms with E-state index in [9.17, 15) is 4.79 Å². The molecule has 0 aliphatic carbocycles. The maximum Gasteiger partial charge on any atom is 0.196 e. The zero-order chi connectivity index (χ0) is 14.9. The number of hydrogen-bond acceptors (Lipinski definition) is 4. The first kappa shape index (κ1) is 13.5. The highest BCUT2D eigenvalue weighted by Crippen LogP contribution is 2.40. The molecule has 2 aromatic heterocycles. The molecule has 4 rings (SSSR count). The van der Waals surface area contributed by atoms with Crippen molar-refractivity contribution in [1.29, 1.82) is 0 Å². The van der Waals surface area contributed by atoms with Crippen molar-refractivity contribution in [2.75, 3.05) is 0 Å². The zero-order valence-corrected chi connectivity index (χ0v) is 13.2. The second-order valence-corrected chi connectivity index (χ2v) is 6.91. The third-order valence-corrected chi connectivity index (χ3v) is 5.30. The number of carbonyl (C=O) groups is 1. The number of ether oxygens (including phenoxy) is 1. The van der Waals surface area contributed by atoms with E-state index in [-0.39, 0.29) is 11.9 Å². The van der Waals surface area contributed by atoms with Crippen molar-refractivity contribution in [2.45, 2.75) is 6.10 Å². The normalized spacial score (nSPS) is 19.0. The van der Waals surface area contributed by atoms with Gasteiger partial charge in [-0.15, -0.1) is 22.7 Å². The number of fused-ring (bicyclic) bond motifs is 1. The topological polar surface area (TPSA) is 26.3 Å². The van der Waals surface area contributed by atoms with Crippen LogP contribution in [0, 0.1) is 0 Å². The lowest BCUT2D eigenvalue weighted by Crippen LogP contribution is -2.23. The van der Waals surface area contributed by atoms with E-state index in [4.69, 9.17) is 4.74 Å². The molecule has 1 atom stereocenters. The van der Waals surface area contributed by atoms with Crippen molar-refractivity contribution in [3.63, 3.8) is 0 Å². The molecule has 108 valence electrons. The van der Waals surface area contributed by atoms with E-state index < -0.39 is 0 Å². The van der Waals surface area contributed by atoms with Crippen LogP contribution in [-0.2, 0) is 0 Å². The summed E-state index contributed by atoms with van der Waals surface area (Å²) in [6.45, 7) is 0. The number of carbonyl (C=O) groups excluding carboxylic acids is 1. The van der Waals surface area contributed by atoms with Crippen molar-refractivity contribution < 1.29 is 9.53 Å². The number of rotatable bonds is 2. The Hall–Kier alpha value is -2.17. The molecule has 2 nitrogen and oxygen atoms in total. The molecule has 0 unspecified atom stereocenters. The molecule has 0 radical (unpaired) electrons. The average molecular weight is 324 g/mol. The van der Waals surface area contributed by atoms with Crippen LogP contribution < -0.4 is 4.74 Å². The molecule has 3 heterocycles. The molecule has 0 spiro atoms. The number of hydrogen-bond donors (Lipinski definition) is 0. The van der Waals surface area contributed by atoms with Crippen LogP contribution in [0.3, 0.4) is 0 Å². The van der Waals surface area contributed by atoms with Gasteiger partial charge in [-0.3, -0.25) is 4.79 Å². The highest BCUT2D eigenvalue weighted by atomic mass is 32.1. The average Bonchev–Trinajstić information content (AvgIpc) is 3.23. The Balaban J connectivity index is 1.87. The number of ketones is 1. The highest BCUT2D eigenvalue weighted by molar-refractivity contribution is 7.11. The summed E-state index contributed by atoms with van der Waals surface area (Å²) in [6.07, 6.45) is 1.62. The predicted molar refractivity (Wildman–Crippen MR) is 90.8 cm³/mol. The Morgan fingerprint density at radius 2 is 1.77 bits per heavy atom. The standard InChI is InChI=1S/C18H12O2S2/c19-17-13-6-1-2-7-15(13)20-18(16-8-4-10-22-16)14(17)11-12-5-3-9-21-12/h1-11,18H/b14-11-/t18-/m1/s1. The van der Waals surface area contributed by atoms with E-state index in [2.05, 4.69) is 0 Å². The van der Waals surface area contributed by atoms with Crippen LogP contribution in [0.25, 0.3) is 6.08 Å². The van der Waals surface area contributed by atoms with Crippen molar-refractivity contribution in [3.05, 3.63) is 80.2 Å². The molecule has 3 aromatic rings. The van der Waals surface area contributed by atoms with E-state index >= 15 is 0 Å². The molecule has 0 fully saturated rings. The molecular formula is C18H12O2S2. The first-order chi connectivity index (χ1) is 10.8. The minimum atomic E-state index is -0.329. The Labute approximate surface area is 136 Å². The highest BCUT2D eigenvalue weighted by Gasteiger charge is 2.33. The second-order valence-electron chi connectivity index (χ2n) is 4.95. The van der Waals surface area contributed by atoms with Crippen molar-refractivity contribution in [2.24, 2.45) is 0 Å². The van der Waals surface area contributed by atoms with Gasteiger partial charge in [-0.1, -0.05) is 24.3 Å². The van der Waals surface area contributed by atoms with Crippen LogP contribution >= 0.6 is 22.7 Å². The van der Waals surface area contributed by atoms with Gasteiger partial charge < -0.3 is 4.74 Å². The molecule has 4 heteroatoms. The summed E-state index contributed by atoms with van der Waals surface area (Å²) >= 11 is 3.23. The van der Waals surface area contributed by atoms with E-state index in [1.165, 1.54) is 0 Å². The lowest BCUT2D eigenvalue weighted by molar-refractivity contribution is 0.0965. The summed E-state index contributed by atoms with van der Waals surface area (Å²) in [5.41, 5.74) is 1.33. The van der Waals surface area contributed by atoms with E-state index in [0.29, 0.717) is 16.9 Å². The second kappa shape index (κ2) is 5.55. The van der Waals surface area contributed by atoms with Gasteiger partial charge in [-0.05, 0) is 41.1 Å². The van der Waals surface area contributed by atoms with Crippen LogP contribution in [0.1, 0.15) is 26.2 Å². The van der Waals surface area contributed by atoms with E-state index in [1.807, 2.05) is 65.4 Å². The fraction of sp³-hybridized carbons (Fsp3) is 0.0556. The first-order valence-electron chi connectivity index (χ1n) is 6.92. The molecule has 1 aromatic carbocycles. The molecule has 0 saturated carbocycles. The number of Topliss-reactive ketones (excluding diaryl/α,β-unsaturated/α-hetero) is 1. The minimum Gasteiger partial charge on any atom is -0.479 e. The summed E-state index contributed by atoms with van der Waals surface area (Å²) in [6, 6.07) is 15.4. The third kappa shape index (κ3) is 2.30. The van der Waals surface area contributed by atoms with Crippen LogP contribution in [0.4, 0.5) is 0 Å². The minimum absolute atomic E-state index is 0.0497. The Kier molecular flexibility index (Phi) is 3.41. The number of thiophene rings is 2. The molecule has 1 aliphatic rings. The maximum absolute atomic E-state index is 12.9. The van der Waals surface area contributed by atoms with Gasteiger partial charge in [0.25, 0.3) is 0 Å². The van der Waals surface area contributed by atoms with Gasteiger partial charge in [0.2, 0.25) is 0 Å². The molecule has 0 bridgehead atoms. The molecule has 0 saturated heterocycles. The smallest absolute Gasteiger partial charge is 0.196 e. The number of benzene rings is 1. The molecule has 0 amide bonds. The van der Waals surface area contributed by atoms with Crippen LogP contribution in [-0.4, -0.2) is 5.78 Å². The summed E-state index contributed by atoms with van der Waals surface area (Å²) < 4.78 is 6.13. The van der Waals surface area contributed by atoms with Gasteiger partial charge in [0, 0.05) is 15.3 Å². The van der Waals surface area contributed by atoms with Crippen molar-refractivity contribution in [3.8, 4) is 5.75 Å².